The van der Waals surface area contributed by atoms with Crippen molar-refractivity contribution in [3.05, 3.63) is 109 Å². The number of rotatable bonds is 1. The van der Waals surface area contributed by atoms with Gasteiger partial charge in [0.2, 0.25) is 0 Å². The molecule has 0 bridgehead atoms. The number of hydrogen-bond acceptors (Lipinski definition) is 3. The highest BCUT2D eigenvalue weighted by atomic mass is 31.2. The zero-order chi connectivity index (χ0) is 23.1. The molecule has 5 heteroatoms. The SMILES string of the molecule is O=P12c3ccccc3Oc3cc(-n4c5ccccc5c5ccccc54)cc(c31)Oc1ccccc12. The topological polar surface area (TPSA) is 40.5 Å². The number of para-hydroxylation sites is 4. The van der Waals surface area contributed by atoms with Gasteiger partial charge in [-0.3, -0.25) is 0 Å². The van der Waals surface area contributed by atoms with E-state index >= 15 is 0 Å². The van der Waals surface area contributed by atoms with Crippen LogP contribution in [0.4, 0.5) is 0 Å². The Morgan fingerprint density at radius 1 is 0.543 bits per heavy atom. The van der Waals surface area contributed by atoms with Crippen LogP contribution in [0.2, 0.25) is 0 Å². The fraction of sp³-hybridized carbons (Fsp3) is 0. The minimum absolute atomic E-state index is 0.580. The quantitative estimate of drug-likeness (QED) is 0.252. The number of aromatic nitrogens is 1. The van der Waals surface area contributed by atoms with Crippen LogP contribution >= 0.6 is 7.14 Å². The van der Waals surface area contributed by atoms with Crippen molar-refractivity contribution in [3.63, 3.8) is 0 Å². The minimum Gasteiger partial charge on any atom is -0.456 e. The fourth-order valence-corrected chi connectivity index (χ4v) is 8.61. The highest BCUT2D eigenvalue weighted by Crippen LogP contribution is 2.58. The molecule has 0 saturated carbocycles. The molecule has 0 fully saturated rings. The fourth-order valence-electron chi connectivity index (χ4n) is 5.58. The second kappa shape index (κ2) is 6.65. The normalized spacial score (nSPS) is 14.5. The molecular weight excluding hydrogens is 453 g/mol. The third-order valence-corrected chi connectivity index (χ3v) is 10.2. The second-order valence-electron chi connectivity index (χ2n) is 8.91. The molecule has 0 amide bonds. The molecule has 166 valence electrons. The van der Waals surface area contributed by atoms with Crippen molar-refractivity contribution < 1.29 is 14.0 Å². The lowest BCUT2D eigenvalue weighted by molar-refractivity contribution is 0.461. The van der Waals surface area contributed by atoms with Gasteiger partial charge in [0.25, 0.3) is 0 Å². The Morgan fingerprint density at radius 3 is 1.54 bits per heavy atom. The molecule has 3 heterocycles. The first-order chi connectivity index (χ1) is 17.2. The molecule has 0 atom stereocenters. The van der Waals surface area contributed by atoms with Gasteiger partial charge in [0.1, 0.15) is 28.3 Å². The summed E-state index contributed by atoms with van der Waals surface area (Å²) >= 11 is 0. The monoisotopic (exact) mass is 471 g/mol. The molecule has 5 aromatic carbocycles. The van der Waals surface area contributed by atoms with Crippen molar-refractivity contribution in [2.45, 2.75) is 0 Å². The molecule has 6 aromatic rings. The van der Waals surface area contributed by atoms with E-state index in [2.05, 4.69) is 41.0 Å². The van der Waals surface area contributed by atoms with Gasteiger partial charge in [-0.25, -0.2) is 0 Å². The summed E-state index contributed by atoms with van der Waals surface area (Å²) in [7, 11) is -3.17. The van der Waals surface area contributed by atoms with E-state index in [0.29, 0.717) is 38.9 Å². The average Bonchev–Trinajstić information content (AvgIpc) is 3.23. The van der Waals surface area contributed by atoms with Crippen LogP contribution in [0.25, 0.3) is 27.5 Å². The molecule has 2 aliphatic heterocycles. The summed E-state index contributed by atoms with van der Waals surface area (Å²) in [5, 5.41) is 4.43. The minimum atomic E-state index is -3.17. The third-order valence-electron chi connectivity index (χ3n) is 7.03. The van der Waals surface area contributed by atoms with Gasteiger partial charge < -0.3 is 18.6 Å². The van der Waals surface area contributed by atoms with Gasteiger partial charge in [-0.05, 0) is 36.4 Å². The molecule has 0 saturated heterocycles. The number of nitrogens with zero attached hydrogens (tertiary/aromatic N) is 1. The molecule has 0 unspecified atom stereocenters. The van der Waals surface area contributed by atoms with E-state index in [-0.39, 0.29) is 0 Å². The Labute approximate surface area is 201 Å². The summed E-state index contributed by atoms with van der Waals surface area (Å²) in [5.41, 5.74) is 3.09. The Hall–Kier alpha value is -4.27. The van der Waals surface area contributed by atoms with Crippen LogP contribution in [0.1, 0.15) is 0 Å². The van der Waals surface area contributed by atoms with Crippen LogP contribution in [-0.2, 0) is 4.57 Å². The lowest BCUT2D eigenvalue weighted by Crippen LogP contribution is -2.35. The predicted molar refractivity (Wildman–Crippen MR) is 140 cm³/mol. The molecule has 1 aromatic heterocycles. The van der Waals surface area contributed by atoms with E-state index in [1.54, 1.807) is 0 Å². The zero-order valence-electron chi connectivity index (χ0n) is 18.5. The van der Waals surface area contributed by atoms with Crippen LogP contribution in [-0.4, -0.2) is 4.57 Å². The van der Waals surface area contributed by atoms with Gasteiger partial charge in [0, 0.05) is 22.9 Å². The first-order valence-electron chi connectivity index (χ1n) is 11.6. The Kier molecular flexibility index (Phi) is 3.63. The van der Waals surface area contributed by atoms with Gasteiger partial charge in [-0.2, -0.15) is 0 Å². The lowest BCUT2D eigenvalue weighted by Gasteiger charge is -2.34. The summed E-state index contributed by atoms with van der Waals surface area (Å²) in [6.45, 7) is 0. The van der Waals surface area contributed by atoms with E-state index in [0.717, 1.165) is 16.7 Å². The molecular formula is C30H18NO3P. The van der Waals surface area contributed by atoms with E-state index in [9.17, 15) is 4.57 Å². The zero-order valence-corrected chi connectivity index (χ0v) is 19.4. The second-order valence-corrected chi connectivity index (χ2v) is 11.5. The maximum atomic E-state index is 15.0. The van der Waals surface area contributed by atoms with Crippen molar-refractivity contribution in [1.29, 1.82) is 0 Å². The number of benzene rings is 5. The lowest BCUT2D eigenvalue weighted by atomic mass is 10.2. The van der Waals surface area contributed by atoms with Crippen molar-refractivity contribution in [1.82, 2.24) is 4.57 Å². The summed E-state index contributed by atoms with van der Waals surface area (Å²) in [4.78, 5) is 0. The maximum absolute atomic E-state index is 15.0. The van der Waals surface area contributed by atoms with Crippen LogP contribution in [0.3, 0.4) is 0 Å². The van der Waals surface area contributed by atoms with Gasteiger partial charge in [-0.15, -0.1) is 0 Å². The van der Waals surface area contributed by atoms with Crippen molar-refractivity contribution in [2.24, 2.45) is 0 Å². The summed E-state index contributed by atoms with van der Waals surface area (Å²) < 4.78 is 30.0. The average molecular weight is 471 g/mol. The van der Waals surface area contributed by atoms with Gasteiger partial charge in [0.15, 0.2) is 7.14 Å². The Morgan fingerprint density at radius 2 is 1.00 bits per heavy atom. The standard InChI is InChI=1S/C30H18NO3P/c32-35-28-15-7-5-13-24(28)33-26-17-19(18-27(30(26)35)34-25-14-6-8-16-29(25)35)31-22-11-3-1-9-20(22)21-10-2-4-12-23(21)31/h1-18H. The van der Waals surface area contributed by atoms with Crippen LogP contribution in [0, 0.1) is 0 Å². The maximum Gasteiger partial charge on any atom is 0.185 e. The Balaban J connectivity index is 1.48. The summed E-state index contributed by atoms with van der Waals surface area (Å²) in [5.74, 6) is 2.42. The molecule has 0 N–H and O–H groups in total. The first kappa shape index (κ1) is 19.1. The molecule has 4 nitrogen and oxygen atoms in total. The van der Waals surface area contributed by atoms with E-state index < -0.39 is 7.14 Å². The van der Waals surface area contributed by atoms with Gasteiger partial charge in [-0.1, -0.05) is 60.7 Å². The molecule has 0 spiro atoms. The molecule has 2 aliphatic rings. The highest BCUT2D eigenvalue weighted by molar-refractivity contribution is 7.86. The molecule has 0 radical (unpaired) electrons. The first-order valence-corrected chi connectivity index (χ1v) is 13.3. The summed E-state index contributed by atoms with van der Waals surface area (Å²) in [6, 6.07) is 36.0. The summed E-state index contributed by atoms with van der Waals surface area (Å²) in [6.07, 6.45) is 0. The highest BCUT2D eigenvalue weighted by Gasteiger charge is 2.46. The van der Waals surface area contributed by atoms with E-state index in [4.69, 9.17) is 9.47 Å². The van der Waals surface area contributed by atoms with Gasteiger partial charge in [0.05, 0.1) is 27.3 Å². The molecule has 8 rings (SSSR count). The predicted octanol–water partition coefficient (Wildman–Crippen LogP) is 6.63. The molecule has 0 aliphatic carbocycles. The van der Waals surface area contributed by atoms with Crippen LogP contribution in [0.15, 0.2) is 109 Å². The largest absolute Gasteiger partial charge is 0.456 e. The number of fused-ring (bicyclic) bond motifs is 7. The van der Waals surface area contributed by atoms with E-state index in [1.807, 2.05) is 72.8 Å². The van der Waals surface area contributed by atoms with Crippen LogP contribution < -0.4 is 25.4 Å². The number of hydrogen-bond donors (Lipinski definition) is 0. The molecule has 35 heavy (non-hydrogen) atoms. The van der Waals surface area contributed by atoms with E-state index in [1.165, 1.54) is 10.8 Å². The van der Waals surface area contributed by atoms with Crippen molar-refractivity contribution >= 4 is 44.9 Å². The van der Waals surface area contributed by atoms with Gasteiger partial charge >= 0.3 is 0 Å². The number of ether oxygens (including phenoxy) is 2. The van der Waals surface area contributed by atoms with Crippen molar-refractivity contribution in [3.8, 4) is 28.7 Å². The van der Waals surface area contributed by atoms with Crippen molar-refractivity contribution in [2.75, 3.05) is 0 Å². The third kappa shape index (κ3) is 2.39. The Bertz CT molecular complexity index is 1770. The van der Waals surface area contributed by atoms with Crippen LogP contribution in [0.5, 0.6) is 23.0 Å². The smallest absolute Gasteiger partial charge is 0.185 e.